The first-order valence-corrected chi connectivity index (χ1v) is 9.11. The molecular weight excluding hydrogens is 333 g/mol. The summed E-state index contributed by atoms with van der Waals surface area (Å²) >= 11 is 0. The van der Waals surface area contributed by atoms with Gasteiger partial charge in [-0.15, -0.1) is 0 Å². The predicted octanol–water partition coefficient (Wildman–Crippen LogP) is 3.73. The highest BCUT2D eigenvalue weighted by Crippen LogP contribution is 2.37. The molecule has 0 aromatic heterocycles. The number of anilines is 1. The number of nitrogens with one attached hydrogen (secondary N) is 1. The monoisotopic (exact) mass is 363 g/mol. The zero-order chi connectivity index (χ0) is 19.5. The van der Waals surface area contributed by atoms with Gasteiger partial charge in [-0.25, -0.2) is 4.79 Å². The summed E-state index contributed by atoms with van der Waals surface area (Å²) in [5.74, 6) is 0.525. The summed E-state index contributed by atoms with van der Waals surface area (Å²) in [5.41, 5.74) is 0.544. The summed E-state index contributed by atoms with van der Waals surface area (Å²) in [6, 6.07) is 5.44. The number of hydrogen-bond donors (Lipinski definition) is 1. The van der Waals surface area contributed by atoms with Crippen molar-refractivity contribution < 1.29 is 23.6 Å². The van der Waals surface area contributed by atoms with Gasteiger partial charge in [0, 0.05) is 0 Å². The Labute approximate surface area is 156 Å². The second kappa shape index (κ2) is 7.88. The number of carbonyl (C=O) groups is 1. The minimum absolute atomic E-state index is 0.130. The van der Waals surface area contributed by atoms with Crippen LogP contribution in [0.5, 0.6) is 5.75 Å². The SMILES string of the molecule is CCCC(C)OC(=O)Nc1ccc(B2OC(C)(C)C(C)(C)O2)cc1OC. The number of ether oxygens (including phenoxy) is 2. The van der Waals surface area contributed by atoms with Gasteiger partial charge in [0.15, 0.2) is 0 Å². The summed E-state index contributed by atoms with van der Waals surface area (Å²) < 4.78 is 22.9. The number of carbonyl (C=O) groups excluding carboxylic acids is 1. The molecule has 0 saturated carbocycles. The Balaban J connectivity index is 2.12. The highest BCUT2D eigenvalue weighted by molar-refractivity contribution is 6.62. The fourth-order valence-corrected chi connectivity index (χ4v) is 2.72. The van der Waals surface area contributed by atoms with Gasteiger partial charge in [-0.05, 0) is 58.6 Å². The molecule has 6 nitrogen and oxygen atoms in total. The molecule has 0 spiro atoms. The van der Waals surface area contributed by atoms with Crippen LogP contribution in [-0.2, 0) is 14.0 Å². The van der Waals surface area contributed by atoms with Gasteiger partial charge in [-0.3, -0.25) is 5.32 Å². The standard InChI is InChI=1S/C19H30BNO5/c1-8-9-13(2)24-17(22)21-15-11-10-14(12-16(15)23-7)20-25-18(3,4)19(5,6)26-20/h10-13H,8-9H2,1-7H3,(H,21,22). The third-order valence-electron chi connectivity index (χ3n) is 4.99. The average Bonchev–Trinajstić information content (AvgIpc) is 2.75. The van der Waals surface area contributed by atoms with Crippen LogP contribution in [0.2, 0.25) is 0 Å². The van der Waals surface area contributed by atoms with Crippen LogP contribution in [-0.4, -0.2) is 37.6 Å². The highest BCUT2D eigenvalue weighted by Gasteiger charge is 2.51. The van der Waals surface area contributed by atoms with Crippen molar-refractivity contribution in [3.05, 3.63) is 18.2 Å². The van der Waals surface area contributed by atoms with Crippen molar-refractivity contribution in [2.45, 2.75) is 71.7 Å². The maximum Gasteiger partial charge on any atom is 0.494 e. The van der Waals surface area contributed by atoms with Crippen LogP contribution in [0.1, 0.15) is 54.4 Å². The van der Waals surface area contributed by atoms with E-state index in [2.05, 4.69) is 12.2 Å². The molecule has 1 unspecified atom stereocenters. The summed E-state index contributed by atoms with van der Waals surface area (Å²) in [6.07, 6.45) is 1.16. The molecule has 1 aliphatic heterocycles. The Morgan fingerprint density at radius 3 is 2.38 bits per heavy atom. The van der Waals surface area contributed by atoms with E-state index >= 15 is 0 Å². The number of hydrogen-bond acceptors (Lipinski definition) is 5. The van der Waals surface area contributed by atoms with Gasteiger partial charge in [0.05, 0.1) is 24.0 Å². The first-order valence-electron chi connectivity index (χ1n) is 9.11. The van der Waals surface area contributed by atoms with Gasteiger partial charge in [0.1, 0.15) is 11.9 Å². The third kappa shape index (κ3) is 4.51. The molecule has 144 valence electrons. The van der Waals surface area contributed by atoms with Crippen LogP contribution < -0.4 is 15.5 Å². The van der Waals surface area contributed by atoms with Crippen LogP contribution >= 0.6 is 0 Å². The summed E-state index contributed by atoms with van der Waals surface area (Å²) in [4.78, 5) is 12.0. The van der Waals surface area contributed by atoms with E-state index in [9.17, 15) is 4.79 Å². The van der Waals surface area contributed by atoms with Crippen LogP contribution in [0.15, 0.2) is 18.2 Å². The molecule has 1 heterocycles. The van der Waals surface area contributed by atoms with E-state index in [1.165, 1.54) is 0 Å². The lowest BCUT2D eigenvalue weighted by atomic mass is 9.79. The van der Waals surface area contributed by atoms with E-state index in [0.29, 0.717) is 11.4 Å². The minimum atomic E-state index is -0.493. The molecule has 0 radical (unpaired) electrons. The van der Waals surface area contributed by atoms with E-state index in [0.717, 1.165) is 18.3 Å². The second-order valence-electron chi connectivity index (χ2n) is 7.68. The van der Waals surface area contributed by atoms with Crippen molar-refractivity contribution in [1.29, 1.82) is 0 Å². The molecule has 1 aromatic carbocycles. The van der Waals surface area contributed by atoms with Crippen LogP contribution in [0.25, 0.3) is 0 Å². The molecule has 1 aromatic rings. The maximum atomic E-state index is 12.0. The summed E-state index contributed by atoms with van der Waals surface area (Å²) in [6.45, 7) is 12.0. The van der Waals surface area contributed by atoms with E-state index in [1.807, 2.05) is 46.8 Å². The molecule has 1 aliphatic rings. The summed E-state index contributed by atoms with van der Waals surface area (Å²) in [5, 5.41) is 2.73. The fraction of sp³-hybridized carbons (Fsp3) is 0.632. The molecule has 1 saturated heterocycles. The Morgan fingerprint density at radius 1 is 1.23 bits per heavy atom. The number of amides is 1. The first kappa shape index (κ1) is 20.6. The van der Waals surface area contributed by atoms with E-state index in [-0.39, 0.29) is 6.10 Å². The lowest BCUT2D eigenvalue weighted by Gasteiger charge is -2.32. The van der Waals surface area contributed by atoms with Gasteiger partial charge in [-0.2, -0.15) is 0 Å². The van der Waals surface area contributed by atoms with E-state index in [1.54, 1.807) is 13.2 Å². The predicted molar refractivity (Wildman–Crippen MR) is 103 cm³/mol. The van der Waals surface area contributed by atoms with Gasteiger partial charge in [-0.1, -0.05) is 19.4 Å². The zero-order valence-electron chi connectivity index (χ0n) is 16.8. The molecule has 1 N–H and O–H groups in total. The van der Waals surface area contributed by atoms with Crippen molar-refractivity contribution in [1.82, 2.24) is 0 Å². The lowest BCUT2D eigenvalue weighted by molar-refractivity contribution is 0.00578. The first-order chi connectivity index (χ1) is 12.1. The average molecular weight is 363 g/mol. The van der Waals surface area contributed by atoms with Crippen LogP contribution in [0, 0.1) is 0 Å². The Morgan fingerprint density at radius 2 is 1.85 bits per heavy atom. The second-order valence-corrected chi connectivity index (χ2v) is 7.68. The topological polar surface area (TPSA) is 66.0 Å². The molecule has 2 rings (SSSR count). The van der Waals surface area contributed by atoms with Crippen molar-refractivity contribution in [2.75, 3.05) is 12.4 Å². The number of rotatable bonds is 6. The molecule has 7 heteroatoms. The van der Waals surface area contributed by atoms with Crippen molar-refractivity contribution in [3.8, 4) is 5.75 Å². The molecule has 0 aliphatic carbocycles. The third-order valence-corrected chi connectivity index (χ3v) is 4.99. The quantitative estimate of drug-likeness (QED) is 0.780. The molecule has 1 fully saturated rings. The van der Waals surface area contributed by atoms with Gasteiger partial charge in [0.2, 0.25) is 0 Å². The number of methoxy groups -OCH3 is 1. The zero-order valence-corrected chi connectivity index (χ0v) is 16.8. The maximum absolute atomic E-state index is 12.0. The Hall–Kier alpha value is -1.73. The smallest absolute Gasteiger partial charge is 0.494 e. The Bertz CT molecular complexity index is 631. The molecule has 1 atom stereocenters. The van der Waals surface area contributed by atoms with E-state index < -0.39 is 24.4 Å². The van der Waals surface area contributed by atoms with Gasteiger partial charge in [0.25, 0.3) is 0 Å². The van der Waals surface area contributed by atoms with Crippen molar-refractivity contribution in [3.63, 3.8) is 0 Å². The molecule has 0 bridgehead atoms. The molecular formula is C19H30BNO5. The van der Waals surface area contributed by atoms with Crippen molar-refractivity contribution in [2.24, 2.45) is 0 Å². The highest BCUT2D eigenvalue weighted by atomic mass is 16.7. The largest absolute Gasteiger partial charge is 0.495 e. The van der Waals surface area contributed by atoms with Crippen molar-refractivity contribution >= 4 is 24.4 Å². The van der Waals surface area contributed by atoms with Crippen LogP contribution in [0.4, 0.5) is 10.5 Å². The molecule has 1 amide bonds. The minimum Gasteiger partial charge on any atom is -0.495 e. The number of benzene rings is 1. The van der Waals surface area contributed by atoms with Crippen LogP contribution in [0.3, 0.4) is 0 Å². The van der Waals surface area contributed by atoms with E-state index in [4.69, 9.17) is 18.8 Å². The Kier molecular flexibility index (Phi) is 6.24. The molecule has 26 heavy (non-hydrogen) atoms. The van der Waals surface area contributed by atoms with Gasteiger partial charge >= 0.3 is 13.2 Å². The van der Waals surface area contributed by atoms with Gasteiger partial charge < -0.3 is 18.8 Å². The normalized spacial score (nSPS) is 19.1. The lowest BCUT2D eigenvalue weighted by Crippen LogP contribution is -2.41. The summed E-state index contributed by atoms with van der Waals surface area (Å²) in [7, 11) is 1.07. The fourth-order valence-electron chi connectivity index (χ4n) is 2.72.